The summed E-state index contributed by atoms with van der Waals surface area (Å²) in [6, 6.07) is -0.161. The molecule has 0 aromatic carbocycles. The Kier molecular flexibility index (Phi) is 6.29. The van der Waals surface area contributed by atoms with Crippen LogP contribution in [0.15, 0.2) is 12.4 Å². The van der Waals surface area contributed by atoms with Gasteiger partial charge in [-0.05, 0) is 33.1 Å². The lowest BCUT2D eigenvalue weighted by Crippen LogP contribution is -2.42. The van der Waals surface area contributed by atoms with Crippen LogP contribution in [0.4, 0.5) is 0 Å². The van der Waals surface area contributed by atoms with E-state index in [9.17, 15) is 9.59 Å². The summed E-state index contributed by atoms with van der Waals surface area (Å²) in [4.78, 5) is 27.1. The molecule has 1 saturated carbocycles. The van der Waals surface area contributed by atoms with Gasteiger partial charge in [-0.1, -0.05) is 12.8 Å². The quantitative estimate of drug-likeness (QED) is 0.767. The number of rotatable bonds is 7. The maximum atomic E-state index is 12.5. The first-order valence-corrected chi connectivity index (χ1v) is 9.94. The zero-order chi connectivity index (χ0) is 18.5. The van der Waals surface area contributed by atoms with Crippen LogP contribution >= 0.6 is 0 Å². The highest BCUT2D eigenvalue weighted by Gasteiger charge is 2.38. The third kappa shape index (κ3) is 4.44. The van der Waals surface area contributed by atoms with Crippen molar-refractivity contribution in [3.63, 3.8) is 0 Å². The maximum absolute atomic E-state index is 12.5. The molecule has 3 rings (SSSR count). The Morgan fingerprint density at radius 2 is 2.00 bits per heavy atom. The van der Waals surface area contributed by atoms with Crippen LogP contribution in [0.1, 0.15) is 51.5 Å². The molecule has 144 valence electrons. The van der Waals surface area contributed by atoms with Crippen molar-refractivity contribution in [2.24, 2.45) is 5.92 Å². The molecule has 1 saturated heterocycles. The van der Waals surface area contributed by atoms with Crippen molar-refractivity contribution in [3.05, 3.63) is 18.0 Å². The van der Waals surface area contributed by atoms with Gasteiger partial charge in [-0.3, -0.25) is 19.2 Å². The number of aryl methyl sites for hydroxylation is 1. The molecule has 1 aromatic heterocycles. The molecule has 7 nitrogen and oxygen atoms in total. The van der Waals surface area contributed by atoms with E-state index in [1.165, 1.54) is 0 Å². The van der Waals surface area contributed by atoms with Gasteiger partial charge in [0.15, 0.2) is 0 Å². The number of nitrogens with one attached hydrogen (secondary N) is 2. The van der Waals surface area contributed by atoms with Gasteiger partial charge in [0.2, 0.25) is 11.8 Å². The lowest BCUT2D eigenvalue weighted by atomic mass is 10.1. The van der Waals surface area contributed by atoms with Crippen LogP contribution in [0.3, 0.4) is 0 Å². The Bertz CT molecular complexity index is 623. The summed E-state index contributed by atoms with van der Waals surface area (Å²) in [5.41, 5.74) is 1.10. The fraction of sp³-hybridized carbons (Fsp3) is 0.737. The number of likely N-dealkylation sites (N-methyl/N-ethyl adjacent to an activating group) is 1. The monoisotopic (exact) mass is 361 g/mol. The third-order valence-electron chi connectivity index (χ3n) is 5.53. The molecule has 0 radical (unpaired) electrons. The van der Waals surface area contributed by atoms with Crippen LogP contribution < -0.4 is 10.6 Å². The smallest absolute Gasteiger partial charge is 0.237 e. The van der Waals surface area contributed by atoms with Crippen molar-refractivity contribution in [2.45, 2.75) is 71.1 Å². The summed E-state index contributed by atoms with van der Waals surface area (Å²) in [6.07, 6.45) is 8.86. The van der Waals surface area contributed by atoms with Gasteiger partial charge in [-0.15, -0.1) is 0 Å². The second kappa shape index (κ2) is 8.66. The van der Waals surface area contributed by atoms with E-state index in [0.717, 1.165) is 37.8 Å². The molecule has 2 aliphatic rings. The molecule has 0 bridgehead atoms. The summed E-state index contributed by atoms with van der Waals surface area (Å²) in [7, 11) is 0. The average molecular weight is 361 g/mol. The summed E-state index contributed by atoms with van der Waals surface area (Å²) in [5, 5.41) is 10.5. The summed E-state index contributed by atoms with van der Waals surface area (Å²) < 4.78 is 1.89. The highest BCUT2D eigenvalue weighted by Crippen LogP contribution is 2.26. The molecule has 2 amide bonds. The molecule has 7 heteroatoms. The van der Waals surface area contributed by atoms with Crippen LogP contribution in [0.5, 0.6) is 0 Å². The summed E-state index contributed by atoms with van der Waals surface area (Å²) in [6.45, 7) is 6.82. The van der Waals surface area contributed by atoms with Gasteiger partial charge in [0, 0.05) is 49.9 Å². The fourth-order valence-electron chi connectivity index (χ4n) is 4.15. The number of carbonyl (C=O) groups excluding carboxylic acids is 2. The predicted octanol–water partition coefficient (Wildman–Crippen LogP) is 1.29. The molecular formula is C19H31N5O2. The minimum absolute atomic E-state index is 0.0388. The van der Waals surface area contributed by atoms with Gasteiger partial charge in [0.1, 0.15) is 0 Å². The Balaban J connectivity index is 1.64. The van der Waals surface area contributed by atoms with E-state index >= 15 is 0 Å². The van der Waals surface area contributed by atoms with Gasteiger partial charge >= 0.3 is 0 Å². The zero-order valence-electron chi connectivity index (χ0n) is 15.9. The highest BCUT2D eigenvalue weighted by atomic mass is 16.2. The lowest BCUT2D eigenvalue weighted by molar-refractivity contribution is -0.126. The topological polar surface area (TPSA) is 79.3 Å². The Hall–Kier alpha value is -1.89. The standard InChI is InChI=1S/C19H31N5O2/c1-3-20-19(26)17-9-16(22-18(25)15-7-5-6-8-15)13-23(17)11-14-10-21-24(4-2)12-14/h10,12,15-17H,3-9,11,13H2,1-2H3,(H,20,26)(H,22,25)/t16-,17-/m0/s1. The van der Waals surface area contributed by atoms with Crippen LogP contribution in [0.25, 0.3) is 0 Å². The van der Waals surface area contributed by atoms with E-state index in [0.29, 0.717) is 26.1 Å². The van der Waals surface area contributed by atoms with Gasteiger partial charge < -0.3 is 10.6 Å². The Labute approximate surface area is 155 Å². The van der Waals surface area contributed by atoms with E-state index in [4.69, 9.17) is 0 Å². The molecule has 2 fully saturated rings. The van der Waals surface area contributed by atoms with Crippen LogP contribution in [-0.2, 0) is 22.7 Å². The van der Waals surface area contributed by atoms with Crippen molar-refractivity contribution >= 4 is 11.8 Å². The fourth-order valence-corrected chi connectivity index (χ4v) is 4.15. The van der Waals surface area contributed by atoms with Crippen molar-refractivity contribution in [1.82, 2.24) is 25.3 Å². The SMILES string of the molecule is CCNC(=O)[C@@H]1C[C@H](NC(=O)C2CCCC2)CN1Cc1cnn(CC)c1. The number of likely N-dealkylation sites (tertiary alicyclic amines) is 1. The van der Waals surface area contributed by atoms with Crippen molar-refractivity contribution in [3.8, 4) is 0 Å². The first-order chi connectivity index (χ1) is 12.6. The number of carbonyl (C=O) groups is 2. The Morgan fingerprint density at radius 3 is 2.65 bits per heavy atom. The van der Waals surface area contributed by atoms with E-state index in [-0.39, 0.29) is 29.8 Å². The van der Waals surface area contributed by atoms with Crippen molar-refractivity contribution in [2.75, 3.05) is 13.1 Å². The minimum atomic E-state index is -0.200. The largest absolute Gasteiger partial charge is 0.355 e. The van der Waals surface area contributed by atoms with Crippen LogP contribution in [0.2, 0.25) is 0 Å². The number of nitrogens with zero attached hydrogens (tertiary/aromatic N) is 3. The first-order valence-electron chi connectivity index (χ1n) is 9.94. The van der Waals surface area contributed by atoms with E-state index in [2.05, 4.69) is 27.6 Å². The number of hydrogen-bond donors (Lipinski definition) is 2. The molecule has 1 aliphatic heterocycles. The van der Waals surface area contributed by atoms with Crippen LogP contribution in [-0.4, -0.2) is 51.7 Å². The Morgan fingerprint density at radius 1 is 1.23 bits per heavy atom. The molecule has 2 heterocycles. The third-order valence-corrected chi connectivity index (χ3v) is 5.53. The molecule has 1 aromatic rings. The minimum Gasteiger partial charge on any atom is -0.355 e. The number of hydrogen-bond acceptors (Lipinski definition) is 4. The molecule has 2 atom stereocenters. The normalized spacial score (nSPS) is 24.1. The molecule has 26 heavy (non-hydrogen) atoms. The van der Waals surface area contributed by atoms with E-state index < -0.39 is 0 Å². The molecular weight excluding hydrogens is 330 g/mol. The predicted molar refractivity (Wildman–Crippen MR) is 99.3 cm³/mol. The van der Waals surface area contributed by atoms with Gasteiger partial charge in [0.05, 0.1) is 12.2 Å². The second-order valence-corrected chi connectivity index (χ2v) is 7.47. The van der Waals surface area contributed by atoms with E-state index in [1.807, 2.05) is 24.0 Å². The van der Waals surface area contributed by atoms with Crippen molar-refractivity contribution < 1.29 is 9.59 Å². The molecule has 2 N–H and O–H groups in total. The number of amides is 2. The summed E-state index contributed by atoms with van der Waals surface area (Å²) >= 11 is 0. The van der Waals surface area contributed by atoms with Gasteiger partial charge in [-0.25, -0.2) is 0 Å². The summed E-state index contributed by atoms with van der Waals surface area (Å²) in [5.74, 6) is 0.380. The first kappa shape index (κ1) is 18.9. The molecule has 1 aliphatic carbocycles. The molecule has 0 unspecified atom stereocenters. The van der Waals surface area contributed by atoms with Gasteiger partial charge in [0.25, 0.3) is 0 Å². The average Bonchev–Trinajstić information content (AvgIpc) is 3.36. The lowest BCUT2D eigenvalue weighted by Gasteiger charge is -2.22. The maximum Gasteiger partial charge on any atom is 0.237 e. The highest BCUT2D eigenvalue weighted by molar-refractivity contribution is 5.83. The second-order valence-electron chi connectivity index (χ2n) is 7.47. The zero-order valence-corrected chi connectivity index (χ0v) is 15.9. The van der Waals surface area contributed by atoms with Crippen molar-refractivity contribution in [1.29, 1.82) is 0 Å². The van der Waals surface area contributed by atoms with Crippen LogP contribution in [0, 0.1) is 5.92 Å². The van der Waals surface area contributed by atoms with E-state index in [1.54, 1.807) is 0 Å². The number of aromatic nitrogens is 2. The molecule has 0 spiro atoms. The van der Waals surface area contributed by atoms with Gasteiger partial charge in [-0.2, -0.15) is 5.10 Å².